The summed E-state index contributed by atoms with van der Waals surface area (Å²) >= 11 is 0. The van der Waals surface area contributed by atoms with Crippen LogP contribution in [0.25, 0.3) is 0 Å². The van der Waals surface area contributed by atoms with E-state index in [4.69, 9.17) is 10.5 Å². The van der Waals surface area contributed by atoms with Crippen LogP contribution in [0.15, 0.2) is 18.2 Å². The van der Waals surface area contributed by atoms with Crippen LogP contribution in [-0.4, -0.2) is 30.0 Å². The summed E-state index contributed by atoms with van der Waals surface area (Å²) in [7, 11) is 0. The monoisotopic (exact) mass is 285 g/mol. The number of nitro groups is 1. The molecule has 110 valence electrons. The first-order valence-corrected chi connectivity index (χ1v) is 6.05. The number of ether oxygens (including phenoxy) is 1. The first-order valence-electron chi connectivity index (χ1n) is 6.05. The van der Waals surface area contributed by atoms with Gasteiger partial charge < -0.3 is 15.8 Å². The van der Waals surface area contributed by atoms with E-state index in [0.29, 0.717) is 6.54 Å². The van der Waals surface area contributed by atoms with Gasteiger partial charge in [-0.05, 0) is 25.1 Å². The molecule has 1 unspecified atom stereocenters. The molecular formula is C12H16FN3O4. The fourth-order valence-electron chi connectivity index (χ4n) is 1.49. The second kappa shape index (κ2) is 7.39. The summed E-state index contributed by atoms with van der Waals surface area (Å²) in [5.74, 6) is -1.47. The summed E-state index contributed by atoms with van der Waals surface area (Å²) in [5, 5.41) is 13.6. The quantitative estimate of drug-likeness (QED) is 0.546. The number of nitrogens with two attached hydrogens (primary N) is 1. The maximum absolute atomic E-state index is 13.0. The molecule has 0 aliphatic rings. The van der Waals surface area contributed by atoms with Crippen molar-refractivity contribution in [3.05, 3.63) is 34.1 Å². The number of carbonyl (C=O) groups excluding carboxylic acids is 1. The summed E-state index contributed by atoms with van der Waals surface area (Å²) in [6.45, 7) is 2.31. The lowest BCUT2D eigenvalue weighted by Crippen LogP contribution is -2.45. The lowest BCUT2D eigenvalue weighted by atomic mass is 10.2. The molecular weight excluding hydrogens is 269 g/mol. The number of hydrogen-bond donors (Lipinski definition) is 2. The Balaban J connectivity index is 2.77. The normalized spacial score (nSPS) is 11.9. The van der Waals surface area contributed by atoms with E-state index >= 15 is 0 Å². The molecule has 0 spiro atoms. The highest BCUT2D eigenvalue weighted by Gasteiger charge is 2.20. The second-order valence-electron chi connectivity index (χ2n) is 4.09. The van der Waals surface area contributed by atoms with E-state index < -0.39 is 28.4 Å². The van der Waals surface area contributed by atoms with Gasteiger partial charge in [0, 0.05) is 0 Å². The number of nitrogens with one attached hydrogen (secondary N) is 1. The Morgan fingerprint density at radius 1 is 1.60 bits per heavy atom. The molecule has 1 atom stereocenters. The minimum absolute atomic E-state index is 0.110. The molecule has 8 heteroatoms. The molecule has 3 N–H and O–H groups in total. The SMILES string of the molecule is CCCNC(COc1ccc(F)cc1[N+](=O)[O-])C(N)=O. The molecule has 0 aliphatic heterocycles. The Labute approximate surface area is 115 Å². The molecule has 1 amide bonds. The van der Waals surface area contributed by atoms with Crippen LogP contribution in [0, 0.1) is 15.9 Å². The molecule has 0 aliphatic carbocycles. The van der Waals surface area contributed by atoms with Crippen LogP contribution in [0.3, 0.4) is 0 Å². The van der Waals surface area contributed by atoms with Gasteiger partial charge in [0.05, 0.1) is 11.0 Å². The van der Waals surface area contributed by atoms with Gasteiger partial charge in [-0.1, -0.05) is 6.92 Å². The molecule has 0 aromatic heterocycles. The number of rotatable bonds is 8. The average Bonchev–Trinajstić information content (AvgIpc) is 2.39. The summed E-state index contributed by atoms with van der Waals surface area (Å²) in [4.78, 5) is 21.2. The van der Waals surface area contributed by atoms with Gasteiger partial charge in [0.1, 0.15) is 18.5 Å². The lowest BCUT2D eigenvalue weighted by molar-refractivity contribution is -0.386. The molecule has 7 nitrogen and oxygen atoms in total. The summed E-state index contributed by atoms with van der Waals surface area (Å²) in [5.41, 5.74) is 4.69. The van der Waals surface area contributed by atoms with E-state index in [-0.39, 0.29) is 12.4 Å². The Morgan fingerprint density at radius 3 is 2.85 bits per heavy atom. The zero-order chi connectivity index (χ0) is 15.1. The predicted molar refractivity (Wildman–Crippen MR) is 69.8 cm³/mol. The molecule has 0 radical (unpaired) electrons. The van der Waals surface area contributed by atoms with Gasteiger partial charge in [-0.3, -0.25) is 14.9 Å². The molecule has 1 aromatic carbocycles. The number of amides is 1. The number of benzene rings is 1. The van der Waals surface area contributed by atoms with Gasteiger partial charge in [0.2, 0.25) is 5.91 Å². The Bertz CT molecular complexity index is 496. The molecule has 1 aromatic rings. The largest absolute Gasteiger partial charge is 0.485 e. The Kier molecular flexibility index (Phi) is 5.85. The van der Waals surface area contributed by atoms with Gasteiger partial charge in [0.25, 0.3) is 0 Å². The van der Waals surface area contributed by atoms with Crippen LogP contribution >= 0.6 is 0 Å². The van der Waals surface area contributed by atoms with E-state index in [1.165, 1.54) is 0 Å². The van der Waals surface area contributed by atoms with Crippen molar-refractivity contribution in [1.29, 1.82) is 0 Å². The number of hydrogen-bond acceptors (Lipinski definition) is 5. The van der Waals surface area contributed by atoms with Crippen molar-refractivity contribution in [1.82, 2.24) is 5.32 Å². The Morgan fingerprint density at radius 2 is 2.30 bits per heavy atom. The second-order valence-corrected chi connectivity index (χ2v) is 4.09. The van der Waals surface area contributed by atoms with E-state index in [1.54, 1.807) is 0 Å². The summed E-state index contributed by atoms with van der Waals surface area (Å²) in [6.07, 6.45) is 0.792. The van der Waals surface area contributed by atoms with Crippen molar-refractivity contribution in [2.45, 2.75) is 19.4 Å². The predicted octanol–water partition coefficient (Wildman–Crippen LogP) is 0.966. The number of carbonyl (C=O) groups is 1. The van der Waals surface area contributed by atoms with E-state index in [1.807, 2.05) is 6.92 Å². The molecule has 0 fully saturated rings. The van der Waals surface area contributed by atoms with Crippen LogP contribution in [0.4, 0.5) is 10.1 Å². The highest BCUT2D eigenvalue weighted by atomic mass is 19.1. The molecule has 20 heavy (non-hydrogen) atoms. The molecule has 0 saturated carbocycles. The fraction of sp³-hybridized carbons (Fsp3) is 0.417. The van der Waals surface area contributed by atoms with Gasteiger partial charge in [-0.15, -0.1) is 0 Å². The highest BCUT2D eigenvalue weighted by Crippen LogP contribution is 2.27. The van der Waals surface area contributed by atoms with Gasteiger partial charge in [-0.25, -0.2) is 4.39 Å². The van der Waals surface area contributed by atoms with Gasteiger partial charge in [0.15, 0.2) is 5.75 Å². The number of halogens is 1. The van der Waals surface area contributed by atoms with Gasteiger partial charge >= 0.3 is 5.69 Å². The van der Waals surface area contributed by atoms with E-state index in [0.717, 1.165) is 24.6 Å². The first-order chi connectivity index (χ1) is 9.45. The lowest BCUT2D eigenvalue weighted by Gasteiger charge is -2.15. The van der Waals surface area contributed by atoms with Crippen molar-refractivity contribution in [2.24, 2.45) is 5.73 Å². The highest BCUT2D eigenvalue weighted by molar-refractivity contribution is 5.80. The van der Waals surface area contributed by atoms with Crippen molar-refractivity contribution < 1.29 is 18.8 Å². The van der Waals surface area contributed by atoms with Crippen molar-refractivity contribution in [3.8, 4) is 5.75 Å². The standard InChI is InChI=1S/C12H16FN3O4/c1-2-5-15-9(12(14)17)7-20-11-4-3-8(13)6-10(11)16(18)19/h3-4,6,9,15H,2,5,7H2,1H3,(H2,14,17). The molecule has 1 rings (SSSR count). The van der Waals surface area contributed by atoms with Crippen LogP contribution in [-0.2, 0) is 4.79 Å². The van der Waals surface area contributed by atoms with Crippen LogP contribution in [0.1, 0.15) is 13.3 Å². The van der Waals surface area contributed by atoms with Crippen LogP contribution in [0.2, 0.25) is 0 Å². The number of nitrogens with zero attached hydrogens (tertiary/aromatic N) is 1. The Hall–Kier alpha value is -2.22. The van der Waals surface area contributed by atoms with Gasteiger partial charge in [-0.2, -0.15) is 0 Å². The number of primary amides is 1. The minimum Gasteiger partial charge on any atom is -0.485 e. The van der Waals surface area contributed by atoms with Crippen LogP contribution < -0.4 is 15.8 Å². The number of nitro benzene ring substituents is 1. The fourth-order valence-corrected chi connectivity index (χ4v) is 1.49. The zero-order valence-electron chi connectivity index (χ0n) is 11.0. The van der Waals surface area contributed by atoms with Crippen LogP contribution in [0.5, 0.6) is 5.75 Å². The zero-order valence-corrected chi connectivity index (χ0v) is 11.0. The average molecular weight is 285 g/mol. The third kappa shape index (κ3) is 4.47. The smallest absolute Gasteiger partial charge is 0.313 e. The third-order valence-electron chi connectivity index (χ3n) is 2.51. The topological polar surface area (TPSA) is 107 Å². The molecule has 0 heterocycles. The first kappa shape index (κ1) is 15.8. The van der Waals surface area contributed by atoms with Crippen molar-refractivity contribution in [2.75, 3.05) is 13.2 Å². The van der Waals surface area contributed by atoms with Crippen molar-refractivity contribution in [3.63, 3.8) is 0 Å². The molecule has 0 saturated heterocycles. The van der Waals surface area contributed by atoms with E-state index in [9.17, 15) is 19.3 Å². The maximum Gasteiger partial charge on any atom is 0.313 e. The summed E-state index contributed by atoms with van der Waals surface area (Å²) < 4.78 is 18.2. The van der Waals surface area contributed by atoms with E-state index in [2.05, 4.69) is 5.32 Å². The summed E-state index contributed by atoms with van der Waals surface area (Å²) in [6, 6.07) is 2.18. The molecule has 0 bridgehead atoms. The van der Waals surface area contributed by atoms with Crippen molar-refractivity contribution >= 4 is 11.6 Å². The minimum atomic E-state index is -0.764. The third-order valence-corrected chi connectivity index (χ3v) is 2.51. The maximum atomic E-state index is 13.0.